The van der Waals surface area contributed by atoms with Crippen LogP contribution in [0.3, 0.4) is 0 Å². The number of carbonyl (C=O) groups is 1. The first-order valence-electron chi connectivity index (χ1n) is 7.59. The van der Waals surface area contributed by atoms with Gasteiger partial charge in [-0.1, -0.05) is 17.7 Å². The number of aromatic nitrogens is 2. The molecule has 0 aliphatic rings. The smallest absolute Gasteiger partial charge is 0.342 e. The minimum absolute atomic E-state index is 0.00613. The highest BCUT2D eigenvalue weighted by Gasteiger charge is 2.13. The molecule has 0 bridgehead atoms. The Morgan fingerprint density at radius 2 is 2.23 bits per heavy atom. The normalized spacial score (nSPS) is 11.2. The highest BCUT2D eigenvalue weighted by atomic mass is 35.5. The summed E-state index contributed by atoms with van der Waals surface area (Å²) in [5.41, 5.74) is 1.23. The first-order chi connectivity index (χ1) is 12.7. The van der Waals surface area contributed by atoms with Gasteiger partial charge in [-0.3, -0.25) is 0 Å². The van der Waals surface area contributed by atoms with Crippen LogP contribution in [0.2, 0.25) is 5.15 Å². The van der Waals surface area contributed by atoms with Gasteiger partial charge in [0, 0.05) is 12.4 Å². The summed E-state index contributed by atoms with van der Waals surface area (Å²) in [6.45, 7) is 0.359. The summed E-state index contributed by atoms with van der Waals surface area (Å²) >= 11 is 5.79. The van der Waals surface area contributed by atoms with Gasteiger partial charge in [0.1, 0.15) is 23.1 Å². The lowest BCUT2D eigenvalue weighted by Crippen LogP contribution is -2.28. The van der Waals surface area contributed by atoms with Crippen LogP contribution in [-0.4, -0.2) is 15.5 Å². The van der Waals surface area contributed by atoms with Crippen LogP contribution >= 0.6 is 11.6 Å². The van der Waals surface area contributed by atoms with Crippen LogP contribution in [0.1, 0.15) is 21.7 Å². The van der Waals surface area contributed by atoms with Crippen molar-refractivity contribution in [2.45, 2.75) is 13.2 Å². The van der Waals surface area contributed by atoms with Gasteiger partial charge in [0.15, 0.2) is 5.49 Å². The third-order valence-electron chi connectivity index (χ3n) is 3.48. The average molecular weight is 369 g/mol. The number of nitriles is 1. The predicted molar refractivity (Wildman–Crippen MR) is 91.8 cm³/mol. The fraction of sp³-hybridized carbons (Fsp3) is 0.111. The van der Waals surface area contributed by atoms with Crippen molar-refractivity contribution < 1.29 is 13.9 Å². The zero-order valence-electron chi connectivity index (χ0n) is 13.5. The first-order valence-corrected chi connectivity index (χ1v) is 7.97. The number of furan rings is 1. The van der Waals surface area contributed by atoms with Crippen LogP contribution in [0.4, 0.5) is 0 Å². The molecule has 3 rings (SSSR count). The summed E-state index contributed by atoms with van der Waals surface area (Å²) in [4.78, 5) is 20.2. The van der Waals surface area contributed by atoms with Gasteiger partial charge in [0.25, 0.3) is 0 Å². The number of esters is 1. The largest absolute Gasteiger partial charge is 0.466 e. The van der Waals surface area contributed by atoms with Crippen LogP contribution in [0.15, 0.2) is 64.5 Å². The number of halogens is 1. The lowest BCUT2D eigenvalue weighted by molar-refractivity contribution is 0.0442. The summed E-state index contributed by atoms with van der Waals surface area (Å²) in [5.74, 6) is -0.0767. The average Bonchev–Trinajstić information content (AvgIpc) is 3.17. The van der Waals surface area contributed by atoms with Crippen molar-refractivity contribution in [2.75, 3.05) is 0 Å². The van der Waals surface area contributed by atoms with E-state index in [-0.39, 0.29) is 17.7 Å². The molecular weight excluding hydrogens is 356 g/mol. The van der Waals surface area contributed by atoms with Gasteiger partial charge in [-0.05, 0) is 35.9 Å². The van der Waals surface area contributed by atoms with Gasteiger partial charge in [-0.2, -0.15) is 10.3 Å². The number of hydrogen-bond donors (Lipinski definition) is 0. The maximum atomic E-state index is 12.4. The van der Waals surface area contributed by atoms with Crippen molar-refractivity contribution in [1.29, 1.82) is 5.26 Å². The molecule has 0 fully saturated rings. The van der Waals surface area contributed by atoms with Crippen molar-refractivity contribution in [2.24, 2.45) is 4.99 Å². The van der Waals surface area contributed by atoms with Gasteiger partial charge < -0.3 is 13.7 Å². The van der Waals surface area contributed by atoms with Crippen molar-refractivity contribution >= 4 is 17.6 Å². The summed E-state index contributed by atoms with van der Waals surface area (Å²) < 4.78 is 12.0. The second-order valence-corrected chi connectivity index (χ2v) is 5.62. The summed E-state index contributed by atoms with van der Waals surface area (Å²) in [5, 5.41) is 9.39. The van der Waals surface area contributed by atoms with Crippen molar-refractivity contribution in [3.8, 4) is 6.19 Å². The van der Waals surface area contributed by atoms with Crippen molar-refractivity contribution in [3.63, 3.8) is 0 Å². The van der Waals surface area contributed by atoms with E-state index in [4.69, 9.17) is 26.0 Å². The van der Waals surface area contributed by atoms with Gasteiger partial charge in [0.05, 0.1) is 12.8 Å². The van der Waals surface area contributed by atoms with Crippen molar-refractivity contribution in [1.82, 2.24) is 9.55 Å². The zero-order chi connectivity index (χ0) is 18.4. The number of pyridine rings is 2. The first kappa shape index (κ1) is 17.5. The molecule has 0 amide bonds. The Kier molecular flexibility index (Phi) is 5.46. The van der Waals surface area contributed by atoms with Crippen LogP contribution in [-0.2, 0) is 17.9 Å². The molecule has 3 aromatic heterocycles. The third-order valence-corrected chi connectivity index (χ3v) is 3.71. The molecule has 7 nitrogen and oxygen atoms in total. The number of hydrogen-bond acceptors (Lipinski definition) is 6. The van der Waals surface area contributed by atoms with Crippen molar-refractivity contribution in [3.05, 3.63) is 82.6 Å². The third kappa shape index (κ3) is 4.18. The second kappa shape index (κ2) is 8.14. The second-order valence-electron chi connectivity index (χ2n) is 5.23. The number of rotatable bonds is 5. The summed E-state index contributed by atoms with van der Waals surface area (Å²) in [7, 11) is 0. The maximum absolute atomic E-state index is 12.4. The molecule has 0 saturated heterocycles. The summed E-state index contributed by atoms with van der Waals surface area (Å²) in [6, 6.07) is 10.1. The SMILES string of the molecule is N#C/N=c1\c(C(=O)OCc2ccco2)cccn1Cc1ccc(Cl)nc1. The number of nitrogens with zero attached hydrogens (tertiary/aromatic N) is 4. The minimum atomic E-state index is -0.598. The molecule has 0 atom stereocenters. The molecule has 0 aromatic carbocycles. The van der Waals surface area contributed by atoms with E-state index in [0.717, 1.165) is 5.56 Å². The lowest BCUT2D eigenvalue weighted by Gasteiger charge is -2.10. The molecule has 0 aliphatic heterocycles. The Hall–Kier alpha value is -3.37. The van der Waals surface area contributed by atoms with Gasteiger partial charge in [0.2, 0.25) is 6.19 Å². The van der Waals surface area contributed by atoms with E-state index in [1.54, 1.807) is 59.6 Å². The molecule has 0 unspecified atom stereocenters. The summed E-state index contributed by atoms with van der Waals surface area (Å²) in [6.07, 6.45) is 6.56. The van der Waals surface area contributed by atoms with E-state index >= 15 is 0 Å². The van der Waals surface area contributed by atoms with Gasteiger partial charge >= 0.3 is 5.97 Å². The van der Waals surface area contributed by atoms with Crippen LogP contribution in [0.25, 0.3) is 0 Å². The molecule has 3 aromatic rings. The molecule has 26 heavy (non-hydrogen) atoms. The molecule has 0 saturated carbocycles. The molecule has 3 heterocycles. The fourth-order valence-corrected chi connectivity index (χ4v) is 2.42. The molecule has 130 valence electrons. The van der Waals surface area contributed by atoms with Crippen LogP contribution < -0.4 is 5.49 Å². The van der Waals surface area contributed by atoms with Gasteiger partial charge in [-0.25, -0.2) is 9.78 Å². The Balaban J connectivity index is 1.88. The number of ether oxygens (including phenoxy) is 1. The van der Waals surface area contributed by atoms with E-state index in [1.165, 1.54) is 6.26 Å². The van der Waals surface area contributed by atoms with Gasteiger partial charge in [-0.15, -0.1) is 0 Å². The molecule has 0 spiro atoms. The lowest BCUT2D eigenvalue weighted by atomic mass is 10.2. The number of carbonyl (C=O) groups excluding carboxylic acids is 1. The van der Waals surface area contributed by atoms with E-state index < -0.39 is 5.97 Å². The molecule has 0 N–H and O–H groups in total. The van der Waals surface area contributed by atoms with E-state index in [2.05, 4.69) is 9.98 Å². The Labute approximate surface area is 153 Å². The van der Waals surface area contributed by atoms with E-state index in [1.807, 2.05) is 0 Å². The Bertz CT molecular complexity index is 1000. The van der Waals surface area contributed by atoms with E-state index in [0.29, 0.717) is 17.5 Å². The van der Waals surface area contributed by atoms with Crippen LogP contribution in [0, 0.1) is 11.5 Å². The zero-order valence-corrected chi connectivity index (χ0v) is 14.3. The monoisotopic (exact) mass is 368 g/mol. The highest BCUT2D eigenvalue weighted by Crippen LogP contribution is 2.08. The predicted octanol–water partition coefficient (Wildman–Crippen LogP) is 2.92. The fourth-order valence-electron chi connectivity index (χ4n) is 2.31. The minimum Gasteiger partial charge on any atom is -0.466 e. The van der Waals surface area contributed by atoms with Crippen LogP contribution in [0.5, 0.6) is 0 Å². The molecular formula is C18H13ClN4O3. The Morgan fingerprint density at radius 3 is 2.92 bits per heavy atom. The highest BCUT2D eigenvalue weighted by molar-refractivity contribution is 6.29. The standard InChI is InChI=1S/C18H13ClN4O3/c19-16-6-5-13(9-21-16)10-23-7-1-4-15(17(23)22-12-20)18(24)26-11-14-3-2-8-25-14/h1-9H,10-11H2/b22-17+. The topological polar surface area (TPSA) is 93.4 Å². The molecule has 8 heteroatoms. The molecule has 0 aliphatic carbocycles. The van der Waals surface area contributed by atoms with E-state index in [9.17, 15) is 4.79 Å². The quantitative estimate of drug-likeness (QED) is 0.392. The maximum Gasteiger partial charge on any atom is 0.342 e. The molecule has 0 radical (unpaired) electrons. The Morgan fingerprint density at radius 1 is 1.35 bits per heavy atom.